The number of rotatable bonds is 0. The molecule has 1 aliphatic carbocycles. The van der Waals surface area contributed by atoms with E-state index in [1.165, 1.54) is 6.07 Å². The van der Waals surface area contributed by atoms with E-state index in [-0.39, 0.29) is 16.6 Å². The van der Waals surface area contributed by atoms with E-state index in [9.17, 15) is 15.0 Å². The number of phenolic OH excluding ortho intramolecular Hbond substituents is 1. The normalized spacial score (nSPS) is 18.9. The van der Waals surface area contributed by atoms with Crippen LogP contribution in [-0.2, 0) is 6.42 Å². The number of aliphatic hydroxyl groups is 1. The number of aliphatic hydroxyl groups excluding tert-OH is 1. The van der Waals surface area contributed by atoms with E-state index < -0.39 is 6.10 Å². The van der Waals surface area contributed by atoms with Gasteiger partial charge in [0, 0.05) is 6.42 Å². The summed E-state index contributed by atoms with van der Waals surface area (Å²) in [5.41, 5.74) is 0.353. The highest BCUT2D eigenvalue weighted by molar-refractivity contribution is 5.83. The maximum absolute atomic E-state index is 12.1. The van der Waals surface area contributed by atoms with E-state index in [0.717, 1.165) is 0 Å². The molecule has 1 aromatic heterocycles. The Bertz CT molecular complexity index is 627. The predicted molar refractivity (Wildman–Crippen MR) is 57.4 cm³/mol. The van der Waals surface area contributed by atoms with Crippen LogP contribution >= 0.6 is 0 Å². The average Bonchev–Trinajstić information content (AvgIpc) is 2.60. The summed E-state index contributed by atoms with van der Waals surface area (Å²) in [6.07, 6.45) is 0.304. The zero-order valence-corrected chi connectivity index (χ0v) is 8.43. The van der Waals surface area contributed by atoms with Crippen molar-refractivity contribution in [1.82, 2.24) is 0 Å². The van der Waals surface area contributed by atoms with Crippen LogP contribution in [0.3, 0.4) is 0 Å². The van der Waals surface area contributed by atoms with Gasteiger partial charge in [-0.3, -0.25) is 4.79 Å². The number of benzene rings is 1. The molecule has 3 rings (SSSR count). The van der Waals surface area contributed by atoms with E-state index in [0.29, 0.717) is 29.7 Å². The summed E-state index contributed by atoms with van der Waals surface area (Å²) in [6.45, 7) is 0. The molecule has 2 aromatic rings. The maximum atomic E-state index is 12.1. The lowest BCUT2D eigenvalue weighted by Gasteiger charge is -2.05. The molecule has 1 heterocycles. The van der Waals surface area contributed by atoms with Crippen LogP contribution in [0.15, 0.2) is 27.4 Å². The number of hydrogen-bond donors (Lipinski definition) is 2. The van der Waals surface area contributed by atoms with Crippen molar-refractivity contribution in [2.75, 3.05) is 0 Å². The fourth-order valence-electron chi connectivity index (χ4n) is 2.22. The van der Waals surface area contributed by atoms with Crippen LogP contribution in [0.4, 0.5) is 0 Å². The summed E-state index contributed by atoms with van der Waals surface area (Å²) in [7, 11) is 0. The van der Waals surface area contributed by atoms with Crippen molar-refractivity contribution in [3.05, 3.63) is 39.7 Å². The van der Waals surface area contributed by atoms with Crippen molar-refractivity contribution in [2.24, 2.45) is 0 Å². The van der Waals surface area contributed by atoms with Gasteiger partial charge in [0.1, 0.15) is 22.5 Å². The van der Waals surface area contributed by atoms with Gasteiger partial charge in [0.25, 0.3) is 0 Å². The standard InChI is InChI=1S/C12H10O4/c13-6-2-1-3-8-10(6)12(15)11-7(14)4-5-9(11)16-8/h1-3,7,13-14H,4-5H2. The Hall–Kier alpha value is -1.81. The van der Waals surface area contributed by atoms with Crippen LogP contribution in [0.1, 0.15) is 23.8 Å². The minimum Gasteiger partial charge on any atom is -0.507 e. The van der Waals surface area contributed by atoms with Crippen LogP contribution < -0.4 is 5.43 Å². The van der Waals surface area contributed by atoms with Crippen molar-refractivity contribution < 1.29 is 14.6 Å². The van der Waals surface area contributed by atoms with E-state index in [4.69, 9.17) is 4.42 Å². The van der Waals surface area contributed by atoms with E-state index in [1.54, 1.807) is 12.1 Å². The zero-order valence-electron chi connectivity index (χ0n) is 8.43. The second-order valence-electron chi connectivity index (χ2n) is 3.97. The third kappa shape index (κ3) is 1.10. The molecule has 4 nitrogen and oxygen atoms in total. The largest absolute Gasteiger partial charge is 0.507 e. The molecule has 0 aliphatic heterocycles. The van der Waals surface area contributed by atoms with Gasteiger partial charge in [0.2, 0.25) is 5.43 Å². The molecule has 16 heavy (non-hydrogen) atoms. The Kier molecular flexibility index (Phi) is 1.82. The molecule has 1 unspecified atom stereocenters. The minimum atomic E-state index is -0.768. The number of fused-ring (bicyclic) bond motifs is 2. The molecule has 82 valence electrons. The van der Waals surface area contributed by atoms with Crippen molar-refractivity contribution in [1.29, 1.82) is 0 Å². The molecule has 0 bridgehead atoms. The summed E-state index contributed by atoms with van der Waals surface area (Å²) in [5, 5.41) is 19.5. The number of phenols is 1. The lowest BCUT2D eigenvalue weighted by Crippen LogP contribution is -2.11. The summed E-state index contributed by atoms with van der Waals surface area (Å²) in [4.78, 5) is 12.1. The predicted octanol–water partition coefficient (Wildman–Crippen LogP) is 1.48. The average molecular weight is 218 g/mol. The van der Waals surface area contributed by atoms with Crippen LogP contribution in [-0.4, -0.2) is 10.2 Å². The monoisotopic (exact) mass is 218 g/mol. The van der Waals surface area contributed by atoms with Crippen LogP contribution in [0.2, 0.25) is 0 Å². The van der Waals surface area contributed by atoms with E-state index in [2.05, 4.69) is 0 Å². The Balaban J connectivity index is 2.50. The molecule has 0 radical (unpaired) electrons. The molecular weight excluding hydrogens is 208 g/mol. The molecule has 0 saturated carbocycles. The van der Waals surface area contributed by atoms with Gasteiger partial charge in [0.15, 0.2) is 0 Å². The Morgan fingerprint density at radius 2 is 2.19 bits per heavy atom. The molecule has 0 saturated heterocycles. The van der Waals surface area contributed by atoms with Gasteiger partial charge in [-0.1, -0.05) is 6.07 Å². The highest BCUT2D eigenvalue weighted by Crippen LogP contribution is 2.32. The van der Waals surface area contributed by atoms with Crippen molar-refractivity contribution in [3.63, 3.8) is 0 Å². The third-order valence-electron chi connectivity index (χ3n) is 2.99. The van der Waals surface area contributed by atoms with Gasteiger partial charge in [-0.05, 0) is 18.6 Å². The lowest BCUT2D eigenvalue weighted by atomic mass is 10.1. The van der Waals surface area contributed by atoms with Gasteiger partial charge < -0.3 is 14.6 Å². The molecular formula is C12H10O4. The van der Waals surface area contributed by atoms with Crippen molar-refractivity contribution >= 4 is 11.0 Å². The molecule has 2 N–H and O–H groups in total. The number of hydrogen-bond acceptors (Lipinski definition) is 4. The van der Waals surface area contributed by atoms with Gasteiger partial charge in [-0.15, -0.1) is 0 Å². The molecule has 0 fully saturated rings. The third-order valence-corrected chi connectivity index (χ3v) is 2.99. The molecule has 1 aliphatic rings. The van der Waals surface area contributed by atoms with Crippen molar-refractivity contribution in [2.45, 2.75) is 18.9 Å². The molecule has 4 heteroatoms. The van der Waals surface area contributed by atoms with Gasteiger partial charge >= 0.3 is 0 Å². The number of aryl methyl sites for hydroxylation is 1. The molecule has 1 aromatic carbocycles. The highest BCUT2D eigenvalue weighted by Gasteiger charge is 2.27. The highest BCUT2D eigenvalue weighted by atomic mass is 16.3. The minimum absolute atomic E-state index is 0.104. The van der Waals surface area contributed by atoms with Gasteiger partial charge in [-0.2, -0.15) is 0 Å². The SMILES string of the molecule is O=c1c2c(oc3cccc(O)c13)CCC2O. The summed E-state index contributed by atoms with van der Waals surface area (Å²) in [5.74, 6) is 0.434. The smallest absolute Gasteiger partial charge is 0.202 e. The maximum Gasteiger partial charge on any atom is 0.202 e. The quantitative estimate of drug-likeness (QED) is 0.702. The lowest BCUT2D eigenvalue weighted by molar-refractivity contribution is 0.179. The first-order valence-electron chi connectivity index (χ1n) is 5.14. The first-order valence-corrected chi connectivity index (χ1v) is 5.14. The first kappa shape index (κ1) is 9.42. The summed E-state index contributed by atoms with van der Waals surface area (Å²) >= 11 is 0. The number of aromatic hydroxyl groups is 1. The fourth-order valence-corrected chi connectivity index (χ4v) is 2.22. The first-order chi connectivity index (χ1) is 7.68. The summed E-state index contributed by atoms with van der Waals surface area (Å²) in [6, 6.07) is 4.70. The van der Waals surface area contributed by atoms with E-state index >= 15 is 0 Å². The Morgan fingerprint density at radius 1 is 1.38 bits per heavy atom. The van der Waals surface area contributed by atoms with Crippen LogP contribution in [0.25, 0.3) is 11.0 Å². The second-order valence-corrected chi connectivity index (χ2v) is 3.97. The van der Waals surface area contributed by atoms with Gasteiger partial charge in [-0.25, -0.2) is 0 Å². The topological polar surface area (TPSA) is 70.7 Å². The fraction of sp³-hybridized carbons (Fsp3) is 0.250. The Labute approximate surface area is 90.8 Å². The molecule has 0 spiro atoms. The second kappa shape index (κ2) is 3.09. The van der Waals surface area contributed by atoms with Gasteiger partial charge in [0.05, 0.1) is 11.7 Å². The summed E-state index contributed by atoms with van der Waals surface area (Å²) < 4.78 is 5.52. The zero-order chi connectivity index (χ0) is 11.3. The van der Waals surface area contributed by atoms with Crippen LogP contribution in [0.5, 0.6) is 5.75 Å². The Morgan fingerprint density at radius 3 is 3.00 bits per heavy atom. The van der Waals surface area contributed by atoms with Crippen LogP contribution in [0, 0.1) is 0 Å². The van der Waals surface area contributed by atoms with E-state index in [1.807, 2.05) is 0 Å². The van der Waals surface area contributed by atoms with Crippen molar-refractivity contribution in [3.8, 4) is 5.75 Å². The molecule has 1 atom stereocenters. The molecule has 0 amide bonds.